The summed E-state index contributed by atoms with van der Waals surface area (Å²) in [6.07, 6.45) is 12.0. The minimum absolute atomic E-state index is 0.769. The van der Waals surface area contributed by atoms with Gasteiger partial charge in [-0.2, -0.15) is 15.1 Å². The number of rotatable bonds is 5. The van der Waals surface area contributed by atoms with Gasteiger partial charge in [0.2, 0.25) is 5.95 Å². The van der Waals surface area contributed by atoms with Gasteiger partial charge < -0.3 is 9.80 Å². The second-order valence-electron chi connectivity index (χ2n) is 7.99. The summed E-state index contributed by atoms with van der Waals surface area (Å²) in [5.41, 5.74) is 4.21. The number of hydrazone groups is 1. The van der Waals surface area contributed by atoms with Crippen molar-refractivity contribution in [2.45, 2.75) is 51.4 Å². The lowest BCUT2D eigenvalue weighted by molar-refractivity contribution is 0.726. The highest BCUT2D eigenvalue weighted by atomic mass is 15.4. The van der Waals surface area contributed by atoms with Crippen molar-refractivity contribution in [2.24, 2.45) is 5.10 Å². The number of benzene rings is 1. The topological polar surface area (TPSA) is 56.7 Å². The highest BCUT2D eigenvalue weighted by molar-refractivity contribution is 5.80. The van der Waals surface area contributed by atoms with Crippen molar-refractivity contribution < 1.29 is 0 Å². The van der Waals surface area contributed by atoms with Crippen LogP contribution in [-0.4, -0.2) is 42.4 Å². The summed E-state index contributed by atoms with van der Waals surface area (Å²) in [7, 11) is 0. The van der Waals surface area contributed by atoms with Crippen LogP contribution in [0.2, 0.25) is 0 Å². The molecule has 0 bridgehead atoms. The molecule has 1 aromatic carbocycles. The van der Waals surface area contributed by atoms with Crippen LogP contribution < -0.4 is 15.2 Å². The second kappa shape index (κ2) is 10.2. The molecule has 29 heavy (non-hydrogen) atoms. The van der Waals surface area contributed by atoms with Crippen LogP contribution in [-0.2, 0) is 0 Å². The maximum atomic E-state index is 4.98. The summed E-state index contributed by atoms with van der Waals surface area (Å²) in [5, 5.41) is 4.42. The smallest absolute Gasteiger partial charge is 0.229 e. The highest BCUT2D eigenvalue weighted by Crippen LogP contribution is 2.25. The molecule has 2 fully saturated rings. The van der Waals surface area contributed by atoms with Gasteiger partial charge in [0, 0.05) is 32.2 Å². The fourth-order valence-electron chi connectivity index (χ4n) is 4.07. The minimum atomic E-state index is 0.769. The summed E-state index contributed by atoms with van der Waals surface area (Å²) in [5.74, 6) is 2.63. The van der Waals surface area contributed by atoms with Crippen LogP contribution in [0.25, 0.3) is 0 Å². The van der Waals surface area contributed by atoms with E-state index in [1.807, 2.05) is 36.5 Å². The van der Waals surface area contributed by atoms with E-state index in [4.69, 9.17) is 9.97 Å². The first-order valence-electron chi connectivity index (χ1n) is 11.1. The number of hydrogen-bond donors (Lipinski definition) is 1. The molecule has 0 amide bonds. The van der Waals surface area contributed by atoms with E-state index in [0.717, 1.165) is 49.3 Å². The molecule has 0 unspecified atom stereocenters. The first-order chi connectivity index (χ1) is 14.4. The summed E-state index contributed by atoms with van der Waals surface area (Å²) in [6, 6.07) is 12.2. The summed E-state index contributed by atoms with van der Waals surface area (Å²) < 4.78 is 0. The van der Waals surface area contributed by atoms with Crippen LogP contribution >= 0.6 is 0 Å². The molecule has 0 spiro atoms. The summed E-state index contributed by atoms with van der Waals surface area (Å²) >= 11 is 0. The monoisotopic (exact) mass is 392 g/mol. The molecular weight excluding hydrogens is 360 g/mol. The molecule has 4 rings (SSSR count). The van der Waals surface area contributed by atoms with Crippen LogP contribution in [0.4, 0.5) is 17.6 Å². The highest BCUT2D eigenvalue weighted by Gasteiger charge is 2.18. The Kier molecular flexibility index (Phi) is 6.94. The molecule has 6 heteroatoms. The zero-order chi connectivity index (χ0) is 19.7. The predicted molar refractivity (Wildman–Crippen MR) is 121 cm³/mol. The molecule has 1 aromatic heterocycles. The lowest BCUT2D eigenvalue weighted by atomic mass is 10.2. The molecule has 2 aliphatic heterocycles. The lowest BCUT2D eigenvalue weighted by Gasteiger charge is -2.25. The minimum Gasteiger partial charge on any atom is -0.356 e. The van der Waals surface area contributed by atoms with Crippen LogP contribution in [0, 0.1) is 0 Å². The van der Waals surface area contributed by atoms with Gasteiger partial charge in [-0.25, -0.2) is 0 Å². The Morgan fingerprint density at radius 3 is 2.03 bits per heavy atom. The van der Waals surface area contributed by atoms with Crippen molar-refractivity contribution in [3.63, 3.8) is 0 Å². The van der Waals surface area contributed by atoms with Crippen molar-refractivity contribution in [2.75, 3.05) is 41.4 Å². The van der Waals surface area contributed by atoms with Gasteiger partial charge in [-0.1, -0.05) is 56.0 Å². The van der Waals surface area contributed by atoms with Gasteiger partial charge in [-0.05, 0) is 31.2 Å². The van der Waals surface area contributed by atoms with E-state index in [-0.39, 0.29) is 0 Å². The Morgan fingerprint density at radius 1 is 0.759 bits per heavy atom. The average Bonchev–Trinajstić information content (AvgIpc) is 3.20. The van der Waals surface area contributed by atoms with Crippen molar-refractivity contribution in [1.29, 1.82) is 0 Å². The van der Waals surface area contributed by atoms with Crippen LogP contribution in [0.3, 0.4) is 0 Å². The fraction of sp³-hybridized carbons (Fsp3) is 0.522. The van der Waals surface area contributed by atoms with E-state index in [9.17, 15) is 0 Å². The van der Waals surface area contributed by atoms with Crippen molar-refractivity contribution in [1.82, 2.24) is 9.97 Å². The number of anilines is 3. The maximum absolute atomic E-state index is 4.98. The molecule has 0 aliphatic carbocycles. The maximum Gasteiger partial charge on any atom is 0.229 e. The Morgan fingerprint density at radius 2 is 1.38 bits per heavy atom. The first kappa shape index (κ1) is 19.7. The van der Waals surface area contributed by atoms with Crippen LogP contribution in [0.1, 0.15) is 56.9 Å². The normalized spacial score (nSPS) is 18.5. The largest absolute Gasteiger partial charge is 0.356 e. The molecule has 2 saturated heterocycles. The van der Waals surface area contributed by atoms with E-state index < -0.39 is 0 Å². The van der Waals surface area contributed by atoms with Crippen LogP contribution in [0.5, 0.6) is 0 Å². The van der Waals surface area contributed by atoms with Gasteiger partial charge >= 0.3 is 0 Å². The summed E-state index contributed by atoms with van der Waals surface area (Å²) in [4.78, 5) is 14.6. The van der Waals surface area contributed by atoms with E-state index in [1.54, 1.807) is 0 Å². The first-order valence-corrected chi connectivity index (χ1v) is 11.1. The predicted octanol–water partition coefficient (Wildman–Crippen LogP) is 4.68. The molecule has 6 nitrogen and oxygen atoms in total. The average molecular weight is 393 g/mol. The van der Waals surface area contributed by atoms with Gasteiger partial charge in [0.1, 0.15) is 5.82 Å². The Hall–Kier alpha value is -2.63. The Bertz CT molecular complexity index is 737. The van der Waals surface area contributed by atoms with Crippen LogP contribution in [0.15, 0.2) is 41.5 Å². The molecular formula is C23H32N6. The third-order valence-corrected chi connectivity index (χ3v) is 5.71. The van der Waals surface area contributed by atoms with E-state index >= 15 is 0 Å². The van der Waals surface area contributed by atoms with Gasteiger partial charge in [0.25, 0.3) is 0 Å². The number of aromatic nitrogens is 2. The standard InChI is InChI=1S/C23H32N6/c1-2-9-15-28(14-8-1)22-18-21(27-24-19-20-12-6-5-7-13-20)25-23(26-22)29-16-10-3-4-11-17-29/h5-7,12-13,18-19H,1-4,8-11,14-17H2,(H,25,26,27)/b24-19-. The quantitative estimate of drug-likeness (QED) is 0.591. The number of nitrogens with one attached hydrogen (secondary N) is 1. The Labute approximate surface area is 174 Å². The van der Waals surface area contributed by atoms with E-state index in [2.05, 4.69) is 26.4 Å². The van der Waals surface area contributed by atoms with Crippen molar-refractivity contribution in [3.05, 3.63) is 42.0 Å². The molecule has 2 aliphatic rings. The van der Waals surface area contributed by atoms with Crippen molar-refractivity contribution >= 4 is 23.8 Å². The van der Waals surface area contributed by atoms with E-state index in [1.165, 1.54) is 51.4 Å². The van der Waals surface area contributed by atoms with E-state index in [0.29, 0.717) is 0 Å². The molecule has 2 aromatic rings. The van der Waals surface area contributed by atoms with Gasteiger partial charge in [-0.3, -0.25) is 5.43 Å². The number of hydrogen-bond acceptors (Lipinski definition) is 6. The molecule has 0 atom stereocenters. The zero-order valence-corrected chi connectivity index (χ0v) is 17.3. The molecule has 0 radical (unpaired) electrons. The fourth-order valence-corrected chi connectivity index (χ4v) is 4.07. The second-order valence-corrected chi connectivity index (χ2v) is 7.99. The molecule has 0 saturated carbocycles. The van der Waals surface area contributed by atoms with Gasteiger partial charge in [-0.15, -0.1) is 0 Å². The molecule has 154 valence electrons. The lowest BCUT2D eigenvalue weighted by Crippen LogP contribution is -2.29. The molecule has 1 N–H and O–H groups in total. The summed E-state index contributed by atoms with van der Waals surface area (Å²) in [6.45, 7) is 4.22. The molecule has 3 heterocycles. The zero-order valence-electron chi connectivity index (χ0n) is 17.3. The SMILES string of the molecule is C(=N/Nc1cc(N2CCCCCC2)nc(N2CCCCCC2)n1)/c1ccccc1. The number of nitrogens with zero attached hydrogens (tertiary/aromatic N) is 5. The van der Waals surface area contributed by atoms with Crippen molar-refractivity contribution in [3.8, 4) is 0 Å². The Balaban J connectivity index is 1.57. The van der Waals surface area contributed by atoms with Gasteiger partial charge in [0.05, 0.1) is 6.21 Å². The third-order valence-electron chi connectivity index (χ3n) is 5.71. The van der Waals surface area contributed by atoms with Gasteiger partial charge in [0.15, 0.2) is 5.82 Å². The third kappa shape index (κ3) is 5.68.